The zero-order chi connectivity index (χ0) is 14.7. The van der Waals surface area contributed by atoms with Crippen LogP contribution in [-0.2, 0) is 20.0 Å². The van der Waals surface area contributed by atoms with Gasteiger partial charge in [0.2, 0.25) is 0 Å². The van der Waals surface area contributed by atoms with E-state index in [0.29, 0.717) is 12.1 Å². The van der Waals surface area contributed by atoms with Crippen molar-refractivity contribution >= 4 is 11.6 Å². The first-order chi connectivity index (χ1) is 9.56. The minimum atomic E-state index is 0.579. The summed E-state index contributed by atoms with van der Waals surface area (Å²) >= 11 is 6.48. The Morgan fingerprint density at radius 3 is 2.75 bits per heavy atom. The number of aryl methyl sites for hydroxylation is 2. The number of nitrogens with one attached hydrogen (secondary N) is 1. The Morgan fingerprint density at radius 1 is 1.40 bits per heavy atom. The van der Waals surface area contributed by atoms with E-state index in [1.807, 2.05) is 11.7 Å². The summed E-state index contributed by atoms with van der Waals surface area (Å²) in [7, 11) is 2.00. The number of halogens is 1. The molecule has 0 radical (unpaired) electrons. The maximum atomic E-state index is 6.48. The van der Waals surface area contributed by atoms with Gasteiger partial charge in [-0.05, 0) is 32.7 Å². The summed E-state index contributed by atoms with van der Waals surface area (Å²) in [5.41, 5.74) is 2.16. The normalized spacial score (nSPS) is 24.9. The van der Waals surface area contributed by atoms with Crippen molar-refractivity contribution in [2.75, 3.05) is 13.1 Å². The van der Waals surface area contributed by atoms with Crippen molar-refractivity contribution in [2.24, 2.45) is 7.05 Å². The average Bonchev–Trinajstić information content (AvgIpc) is 2.61. The maximum Gasteiger partial charge on any atom is 0.0863 e. The van der Waals surface area contributed by atoms with Crippen LogP contribution in [0.4, 0.5) is 0 Å². The molecule has 0 aromatic carbocycles. The molecule has 1 aliphatic rings. The van der Waals surface area contributed by atoms with Crippen LogP contribution in [0, 0.1) is 0 Å². The van der Waals surface area contributed by atoms with Crippen LogP contribution in [-0.4, -0.2) is 39.9 Å². The fourth-order valence-corrected chi connectivity index (χ4v) is 3.24. The van der Waals surface area contributed by atoms with Crippen LogP contribution < -0.4 is 5.32 Å². The molecule has 20 heavy (non-hydrogen) atoms. The van der Waals surface area contributed by atoms with E-state index in [1.54, 1.807) is 0 Å². The molecular weight excluding hydrogens is 272 g/mol. The van der Waals surface area contributed by atoms with Crippen molar-refractivity contribution in [1.29, 1.82) is 0 Å². The summed E-state index contributed by atoms with van der Waals surface area (Å²) in [5.74, 6) is 0. The summed E-state index contributed by atoms with van der Waals surface area (Å²) < 4.78 is 1.95. The van der Waals surface area contributed by atoms with Gasteiger partial charge in [0.05, 0.1) is 16.4 Å². The molecular formula is C15H27ClN4. The largest absolute Gasteiger partial charge is 0.313 e. The SMILES string of the molecule is CCc1nn(C)c(CN2CC(CC)NCCC2C)c1Cl. The molecule has 1 aliphatic heterocycles. The van der Waals surface area contributed by atoms with Gasteiger partial charge in [-0.25, -0.2) is 0 Å². The number of hydrogen-bond donors (Lipinski definition) is 1. The van der Waals surface area contributed by atoms with E-state index in [2.05, 4.69) is 36.1 Å². The van der Waals surface area contributed by atoms with Crippen molar-refractivity contribution in [3.8, 4) is 0 Å². The number of hydrogen-bond acceptors (Lipinski definition) is 3. The summed E-state index contributed by atoms with van der Waals surface area (Å²) in [5, 5.41) is 9.00. The van der Waals surface area contributed by atoms with Crippen LogP contribution in [0.5, 0.6) is 0 Å². The Bertz CT molecular complexity index is 443. The fraction of sp³-hybridized carbons (Fsp3) is 0.800. The molecule has 1 aromatic heterocycles. The van der Waals surface area contributed by atoms with Gasteiger partial charge < -0.3 is 5.32 Å². The topological polar surface area (TPSA) is 33.1 Å². The van der Waals surface area contributed by atoms with E-state index >= 15 is 0 Å². The molecule has 4 nitrogen and oxygen atoms in total. The van der Waals surface area contributed by atoms with Gasteiger partial charge in [0.25, 0.3) is 0 Å². The molecule has 0 bridgehead atoms. The molecule has 5 heteroatoms. The van der Waals surface area contributed by atoms with Crippen LogP contribution in [0.2, 0.25) is 5.02 Å². The second-order valence-corrected chi connectivity index (χ2v) is 6.19. The van der Waals surface area contributed by atoms with E-state index < -0.39 is 0 Å². The van der Waals surface area contributed by atoms with Crippen LogP contribution >= 0.6 is 11.6 Å². The standard InChI is InChI=1S/C15H27ClN4/c1-5-12-9-20(11(3)7-8-17-12)10-14-15(16)13(6-2)18-19(14)4/h11-12,17H,5-10H2,1-4H3. The van der Waals surface area contributed by atoms with Gasteiger partial charge in [0, 0.05) is 32.2 Å². The smallest absolute Gasteiger partial charge is 0.0863 e. The van der Waals surface area contributed by atoms with Crippen molar-refractivity contribution in [3.63, 3.8) is 0 Å². The molecule has 1 fully saturated rings. The van der Waals surface area contributed by atoms with Crippen LogP contribution in [0.3, 0.4) is 0 Å². The van der Waals surface area contributed by atoms with Gasteiger partial charge >= 0.3 is 0 Å². The highest BCUT2D eigenvalue weighted by atomic mass is 35.5. The molecule has 0 saturated carbocycles. The molecule has 0 amide bonds. The monoisotopic (exact) mass is 298 g/mol. The quantitative estimate of drug-likeness (QED) is 0.927. The molecule has 114 valence electrons. The van der Waals surface area contributed by atoms with Crippen LogP contribution in [0.15, 0.2) is 0 Å². The predicted octanol–water partition coefficient (Wildman–Crippen LogP) is 2.60. The summed E-state index contributed by atoms with van der Waals surface area (Å²) in [4.78, 5) is 2.54. The highest BCUT2D eigenvalue weighted by Gasteiger charge is 2.24. The van der Waals surface area contributed by atoms with Crippen molar-refractivity contribution in [2.45, 2.75) is 58.7 Å². The lowest BCUT2D eigenvalue weighted by molar-refractivity contribution is 0.190. The van der Waals surface area contributed by atoms with Gasteiger partial charge in [-0.2, -0.15) is 5.10 Å². The Kier molecular flexibility index (Phi) is 5.47. The average molecular weight is 299 g/mol. The highest BCUT2D eigenvalue weighted by molar-refractivity contribution is 6.31. The van der Waals surface area contributed by atoms with E-state index in [9.17, 15) is 0 Å². The first-order valence-electron chi connectivity index (χ1n) is 7.74. The summed E-state index contributed by atoms with van der Waals surface area (Å²) in [6.45, 7) is 9.74. The molecule has 2 heterocycles. The van der Waals surface area contributed by atoms with E-state index in [1.165, 1.54) is 12.8 Å². The second-order valence-electron chi connectivity index (χ2n) is 5.81. The lowest BCUT2D eigenvalue weighted by Crippen LogP contribution is -2.39. The minimum absolute atomic E-state index is 0.579. The molecule has 2 rings (SSSR count). The highest BCUT2D eigenvalue weighted by Crippen LogP contribution is 2.24. The van der Waals surface area contributed by atoms with Crippen LogP contribution in [0.1, 0.15) is 45.0 Å². The van der Waals surface area contributed by atoms with Gasteiger partial charge in [0.1, 0.15) is 0 Å². The maximum absolute atomic E-state index is 6.48. The summed E-state index contributed by atoms with van der Waals surface area (Å²) in [6, 6.07) is 1.16. The fourth-order valence-electron chi connectivity index (χ4n) is 2.88. The molecule has 2 unspecified atom stereocenters. The first-order valence-corrected chi connectivity index (χ1v) is 8.12. The molecule has 1 aromatic rings. The number of nitrogens with zero attached hydrogens (tertiary/aromatic N) is 3. The zero-order valence-electron chi connectivity index (χ0n) is 13.1. The van der Waals surface area contributed by atoms with Gasteiger partial charge in [0.15, 0.2) is 0 Å². The van der Waals surface area contributed by atoms with E-state index in [4.69, 9.17) is 11.6 Å². The van der Waals surface area contributed by atoms with Crippen molar-refractivity contribution in [3.05, 3.63) is 16.4 Å². The lowest BCUT2D eigenvalue weighted by atomic mass is 10.1. The zero-order valence-corrected chi connectivity index (χ0v) is 13.9. The third-order valence-corrected chi connectivity index (χ3v) is 4.86. The van der Waals surface area contributed by atoms with Gasteiger partial charge in [-0.15, -0.1) is 0 Å². The molecule has 2 atom stereocenters. The summed E-state index contributed by atoms with van der Waals surface area (Å²) in [6.07, 6.45) is 3.25. The third-order valence-electron chi connectivity index (χ3n) is 4.42. The number of rotatable bonds is 4. The van der Waals surface area contributed by atoms with Crippen molar-refractivity contribution < 1.29 is 0 Å². The second kappa shape index (κ2) is 6.92. The van der Waals surface area contributed by atoms with E-state index in [0.717, 1.165) is 42.5 Å². The Morgan fingerprint density at radius 2 is 2.15 bits per heavy atom. The Hall–Kier alpha value is -0.580. The third kappa shape index (κ3) is 3.35. The van der Waals surface area contributed by atoms with E-state index in [-0.39, 0.29) is 0 Å². The van der Waals surface area contributed by atoms with Crippen LogP contribution in [0.25, 0.3) is 0 Å². The lowest BCUT2D eigenvalue weighted by Gasteiger charge is -2.28. The molecule has 0 aliphatic carbocycles. The minimum Gasteiger partial charge on any atom is -0.313 e. The van der Waals surface area contributed by atoms with Crippen molar-refractivity contribution in [1.82, 2.24) is 20.0 Å². The molecule has 1 saturated heterocycles. The Labute approximate surface area is 127 Å². The number of aromatic nitrogens is 2. The molecule has 0 spiro atoms. The van der Waals surface area contributed by atoms with Gasteiger partial charge in [-0.1, -0.05) is 25.4 Å². The predicted molar refractivity (Wildman–Crippen MR) is 84.2 cm³/mol. The molecule has 1 N–H and O–H groups in total. The Balaban J connectivity index is 2.16. The van der Waals surface area contributed by atoms with Gasteiger partial charge in [-0.3, -0.25) is 9.58 Å². The first kappa shape index (κ1) is 15.8.